The minimum absolute atomic E-state index is 0.340. The smallest absolute Gasteiger partial charge is 0.0522 e. The lowest BCUT2D eigenvalue weighted by molar-refractivity contribution is 0.125. The summed E-state index contributed by atoms with van der Waals surface area (Å²) in [6, 6.07) is 0. The summed E-state index contributed by atoms with van der Waals surface area (Å²) in [5, 5.41) is 7.93. The fourth-order valence-corrected chi connectivity index (χ4v) is 2.84. The Hall–Kier alpha value is -0.870. The van der Waals surface area contributed by atoms with Gasteiger partial charge in [-0.25, -0.2) is 0 Å². The summed E-state index contributed by atoms with van der Waals surface area (Å²) >= 11 is 0. The van der Waals surface area contributed by atoms with Crippen LogP contribution in [0.1, 0.15) is 32.3 Å². The molecule has 2 rings (SSSR count). The fourth-order valence-electron chi connectivity index (χ4n) is 2.84. The van der Waals surface area contributed by atoms with Gasteiger partial charge in [0.05, 0.1) is 6.20 Å². The Morgan fingerprint density at radius 2 is 2.17 bits per heavy atom. The molecule has 0 spiro atoms. The van der Waals surface area contributed by atoms with E-state index in [0.29, 0.717) is 5.54 Å². The number of nitrogens with one attached hydrogen (secondary N) is 1. The number of piperazine rings is 1. The van der Waals surface area contributed by atoms with Gasteiger partial charge in [0, 0.05) is 45.0 Å². The average Bonchev–Trinajstić information content (AvgIpc) is 2.82. The van der Waals surface area contributed by atoms with Crippen LogP contribution in [0.4, 0.5) is 0 Å². The molecule has 1 aliphatic rings. The van der Waals surface area contributed by atoms with Crippen molar-refractivity contribution in [3.8, 4) is 0 Å². The zero-order valence-electron chi connectivity index (χ0n) is 11.9. The zero-order chi connectivity index (χ0) is 13.0. The normalized spacial score (nSPS) is 20.2. The molecule has 1 aromatic heterocycles. The van der Waals surface area contributed by atoms with Crippen molar-refractivity contribution in [2.45, 2.75) is 38.6 Å². The van der Waals surface area contributed by atoms with Crippen LogP contribution in [0.3, 0.4) is 0 Å². The molecule has 4 nitrogen and oxygen atoms in total. The molecule has 4 heteroatoms. The van der Waals surface area contributed by atoms with E-state index >= 15 is 0 Å². The van der Waals surface area contributed by atoms with Crippen LogP contribution in [-0.2, 0) is 13.5 Å². The summed E-state index contributed by atoms with van der Waals surface area (Å²) in [6.07, 6.45) is 7.64. The molecule has 1 saturated heterocycles. The van der Waals surface area contributed by atoms with Crippen LogP contribution < -0.4 is 5.32 Å². The first-order valence-electron chi connectivity index (χ1n) is 7.12. The second-order valence-electron chi connectivity index (χ2n) is 5.46. The molecule has 1 N–H and O–H groups in total. The molecule has 0 amide bonds. The number of aromatic nitrogens is 2. The monoisotopic (exact) mass is 250 g/mol. The Bertz CT molecular complexity index is 368. The van der Waals surface area contributed by atoms with Gasteiger partial charge in [0.25, 0.3) is 0 Å². The summed E-state index contributed by atoms with van der Waals surface area (Å²) in [7, 11) is 1.98. The maximum Gasteiger partial charge on any atom is 0.0522 e. The predicted octanol–water partition coefficient (Wildman–Crippen LogP) is 1.43. The maximum atomic E-state index is 4.23. The Morgan fingerprint density at radius 1 is 1.39 bits per heavy atom. The topological polar surface area (TPSA) is 33.1 Å². The number of aryl methyl sites for hydroxylation is 1. The van der Waals surface area contributed by atoms with Gasteiger partial charge in [-0.2, -0.15) is 5.10 Å². The van der Waals surface area contributed by atoms with Gasteiger partial charge in [0.15, 0.2) is 0 Å². The zero-order valence-corrected chi connectivity index (χ0v) is 11.9. The third-order valence-corrected chi connectivity index (χ3v) is 4.28. The van der Waals surface area contributed by atoms with E-state index in [-0.39, 0.29) is 0 Å². The first kappa shape index (κ1) is 13.6. The molecular formula is C14H26N4. The molecule has 2 heterocycles. The van der Waals surface area contributed by atoms with Crippen LogP contribution in [0, 0.1) is 0 Å². The highest BCUT2D eigenvalue weighted by atomic mass is 15.2. The van der Waals surface area contributed by atoms with E-state index in [1.807, 2.05) is 17.9 Å². The minimum Gasteiger partial charge on any atom is -0.309 e. The third kappa shape index (κ3) is 3.12. The molecular weight excluding hydrogens is 224 g/mol. The average molecular weight is 250 g/mol. The van der Waals surface area contributed by atoms with Crippen LogP contribution in [0.5, 0.6) is 0 Å². The van der Waals surface area contributed by atoms with E-state index in [1.54, 1.807) is 0 Å². The van der Waals surface area contributed by atoms with E-state index in [9.17, 15) is 0 Å². The van der Waals surface area contributed by atoms with Crippen LogP contribution in [0.25, 0.3) is 0 Å². The van der Waals surface area contributed by atoms with Gasteiger partial charge < -0.3 is 5.32 Å². The standard InChI is InChI=1S/C14H26N4/c1-4-14(5-2)12-18(9-7-15-14)8-6-13-10-16-17(3)11-13/h10-11,15H,4-9,12H2,1-3H3. The lowest BCUT2D eigenvalue weighted by Gasteiger charge is -2.43. The molecule has 1 fully saturated rings. The molecule has 18 heavy (non-hydrogen) atoms. The first-order chi connectivity index (χ1) is 8.67. The Labute approximate surface area is 110 Å². The molecule has 1 aromatic rings. The van der Waals surface area contributed by atoms with E-state index in [2.05, 4.69) is 35.4 Å². The molecule has 0 unspecified atom stereocenters. The molecule has 102 valence electrons. The summed E-state index contributed by atoms with van der Waals surface area (Å²) in [5.74, 6) is 0. The van der Waals surface area contributed by atoms with Crippen LogP contribution in [0.2, 0.25) is 0 Å². The second-order valence-corrected chi connectivity index (χ2v) is 5.46. The van der Waals surface area contributed by atoms with Gasteiger partial charge in [-0.1, -0.05) is 13.8 Å². The molecule has 0 aliphatic carbocycles. The van der Waals surface area contributed by atoms with Crippen molar-refractivity contribution in [3.05, 3.63) is 18.0 Å². The Kier molecular flexibility index (Phi) is 4.40. The largest absolute Gasteiger partial charge is 0.309 e. The lowest BCUT2D eigenvalue weighted by Crippen LogP contribution is -2.60. The van der Waals surface area contributed by atoms with Crippen molar-refractivity contribution >= 4 is 0 Å². The summed E-state index contributed by atoms with van der Waals surface area (Å²) in [4.78, 5) is 2.59. The number of hydrogen-bond acceptors (Lipinski definition) is 3. The second kappa shape index (κ2) is 5.85. The highest BCUT2D eigenvalue weighted by molar-refractivity contribution is 5.04. The highest BCUT2D eigenvalue weighted by Gasteiger charge is 2.31. The number of hydrogen-bond donors (Lipinski definition) is 1. The Morgan fingerprint density at radius 3 is 2.78 bits per heavy atom. The van der Waals surface area contributed by atoms with Gasteiger partial charge in [-0.05, 0) is 24.8 Å². The van der Waals surface area contributed by atoms with Crippen molar-refractivity contribution in [1.29, 1.82) is 0 Å². The van der Waals surface area contributed by atoms with Gasteiger partial charge in [0.1, 0.15) is 0 Å². The number of rotatable bonds is 5. The van der Waals surface area contributed by atoms with Crippen LogP contribution in [0.15, 0.2) is 12.4 Å². The van der Waals surface area contributed by atoms with E-state index < -0.39 is 0 Å². The molecule has 0 aromatic carbocycles. The van der Waals surface area contributed by atoms with Crippen molar-refractivity contribution in [3.63, 3.8) is 0 Å². The van der Waals surface area contributed by atoms with Crippen molar-refractivity contribution in [2.24, 2.45) is 7.05 Å². The fraction of sp³-hybridized carbons (Fsp3) is 0.786. The van der Waals surface area contributed by atoms with Crippen LogP contribution >= 0.6 is 0 Å². The quantitative estimate of drug-likeness (QED) is 0.858. The van der Waals surface area contributed by atoms with Gasteiger partial charge in [-0.15, -0.1) is 0 Å². The van der Waals surface area contributed by atoms with Crippen molar-refractivity contribution < 1.29 is 0 Å². The molecule has 0 bridgehead atoms. The van der Waals surface area contributed by atoms with E-state index in [4.69, 9.17) is 0 Å². The molecule has 0 atom stereocenters. The summed E-state index contributed by atoms with van der Waals surface area (Å²) < 4.78 is 1.88. The van der Waals surface area contributed by atoms with Gasteiger partial charge in [0.2, 0.25) is 0 Å². The van der Waals surface area contributed by atoms with Crippen molar-refractivity contribution in [2.75, 3.05) is 26.2 Å². The Balaban J connectivity index is 1.86. The molecule has 0 saturated carbocycles. The van der Waals surface area contributed by atoms with Crippen LogP contribution in [-0.4, -0.2) is 46.4 Å². The number of nitrogens with zero attached hydrogens (tertiary/aromatic N) is 3. The highest BCUT2D eigenvalue weighted by Crippen LogP contribution is 2.20. The predicted molar refractivity (Wildman–Crippen MR) is 74.7 cm³/mol. The first-order valence-corrected chi connectivity index (χ1v) is 7.12. The summed E-state index contributed by atoms with van der Waals surface area (Å²) in [6.45, 7) is 9.20. The molecule has 0 radical (unpaired) electrons. The van der Waals surface area contributed by atoms with E-state index in [0.717, 1.165) is 19.5 Å². The third-order valence-electron chi connectivity index (χ3n) is 4.28. The lowest BCUT2D eigenvalue weighted by atomic mass is 9.90. The maximum absolute atomic E-state index is 4.23. The SMILES string of the molecule is CCC1(CC)CN(CCc2cnn(C)c2)CCN1. The van der Waals surface area contributed by atoms with Gasteiger partial charge in [-0.3, -0.25) is 9.58 Å². The summed E-state index contributed by atoms with van der Waals surface area (Å²) in [5.41, 5.74) is 1.68. The van der Waals surface area contributed by atoms with E-state index in [1.165, 1.54) is 31.5 Å². The molecule has 1 aliphatic heterocycles. The van der Waals surface area contributed by atoms with Crippen molar-refractivity contribution in [1.82, 2.24) is 20.0 Å². The van der Waals surface area contributed by atoms with Gasteiger partial charge >= 0.3 is 0 Å². The minimum atomic E-state index is 0.340.